The van der Waals surface area contributed by atoms with Crippen molar-refractivity contribution < 1.29 is 19.1 Å². The highest BCUT2D eigenvalue weighted by Crippen LogP contribution is 2.29. The fourth-order valence-electron chi connectivity index (χ4n) is 3.19. The van der Waals surface area contributed by atoms with E-state index in [0.717, 1.165) is 0 Å². The lowest BCUT2D eigenvalue weighted by Crippen LogP contribution is -2.58. The Kier molecular flexibility index (Phi) is 6.04. The number of anilines is 1. The molecule has 156 valence electrons. The van der Waals surface area contributed by atoms with Crippen LogP contribution >= 0.6 is 11.6 Å². The summed E-state index contributed by atoms with van der Waals surface area (Å²) in [7, 11) is 2.93. The molecule has 3 rings (SSSR count). The number of carbonyl (C=O) groups excluding carboxylic acids is 3. The molecule has 0 saturated heterocycles. The average molecular weight is 430 g/mol. The number of aliphatic imine (C=N–C) groups is 1. The number of amides is 3. The summed E-state index contributed by atoms with van der Waals surface area (Å²) in [6.07, 6.45) is 0. The zero-order chi connectivity index (χ0) is 21.9. The number of halogens is 1. The van der Waals surface area contributed by atoms with Crippen LogP contribution in [0.4, 0.5) is 5.69 Å². The van der Waals surface area contributed by atoms with E-state index >= 15 is 0 Å². The minimum absolute atomic E-state index is 0.0163. The van der Waals surface area contributed by atoms with E-state index in [4.69, 9.17) is 22.1 Å². The lowest BCUT2D eigenvalue weighted by Gasteiger charge is -2.27. The van der Waals surface area contributed by atoms with E-state index in [1.165, 1.54) is 20.2 Å². The van der Waals surface area contributed by atoms with Gasteiger partial charge >= 0.3 is 0 Å². The monoisotopic (exact) mass is 429 g/mol. The first-order valence-electron chi connectivity index (χ1n) is 8.91. The SMILES string of the molecule is CNC(=O)C1=NCNC1(C(N)=O)c1ccc(NC(=O)c2cc(OC)ccc2Cl)cc1. The number of carbonyl (C=O) groups is 3. The Morgan fingerprint density at radius 2 is 1.87 bits per heavy atom. The van der Waals surface area contributed by atoms with Crippen LogP contribution in [-0.2, 0) is 15.1 Å². The van der Waals surface area contributed by atoms with E-state index in [2.05, 4.69) is 20.9 Å². The molecule has 1 unspecified atom stereocenters. The minimum Gasteiger partial charge on any atom is -0.497 e. The van der Waals surface area contributed by atoms with Gasteiger partial charge in [0.05, 0.1) is 24.4 Å². The van der Waals surface area contributed by atoms with Crippen molar-refractivity contribution >= 4 is 40.7 Å². The van der Waals surface area contributed by atoms with Crippen molar-refractivity contribution in [1.82, 2.24) is 10.6 Å². The Morgan fingerprint density at radius 1 is 1.17 bits per heavy atom. The highest BCUT2D eigenvalue weighted by Gasteiger charge is 2.49. The maximum Gasteiger partial charge on any atom is 0.267 e. The number of hydrogen-bond acceptors (Lipinski definition) is 6. The molecular weight excluding hydrogens is 410 g/mol. The summed E-state index contributed by atoms with van der Waals surface area (Å²) in [5, 5.41) is 8.37. The quantitative estimate of drug-likeness (QED) is 0.544. The lowest BCUT2D eigenvalue weighted by atomic mass is 9.84. The summed E-state index contributed by atoms with van der Waals surface area (Å²) in [6, 6.07) is 11.1. The van der Waals surface area contributed by atoms with Gasteiger partial charge in [-0.3, -0.25) is 24.7 Å². The highest BCUT2D eigenvalue weighted by molar-refractivity contribution is 6.47. The van der Waals surface area contributed by atoms with E-state index in [1.807, 2.05) is 0 Å². The van der Waals surface area contributed by atoms with Crippen LogP contribution in [0.2, 0.25) is 5.02 Å². The third-order valence-corrected chi connectivity index (χ3v) is 5.07. The fraction of sp³-hybridized carbons (Fsp3) is 0.200. The van der Waals surface area contributed by atoms with Crippen LogP contribution in [0.3, 0.4) is 0 Å². The minimum atomic E-state index is -1.56. The predicted octanol–water partition coefficient (Wildman–Crippen LogP) is 1.03. The highest BCUT2D eigenvalue weighted by atomic mass is 35.5. The maximum absolute atomic E-state index is 12.6. The predicted molar refractivity (Wildman–Crippen MR) is 113 cm³/mol. The van der Waals surface area contributed by atoms with Gasteiger partial charge in [-0.2, -0.15) is 0 Å². The van der Waals surface area contributed by atoms with Crippen LogP contribution in [0.25, 0.3) is 0 Å². The smallest absolute Gasteiger partial charge is 0.267 e. The molecule has 2 aromatic carbocycles. The largest absolute Gasteiger partial charge is 0.497 e. The van der Waals surface area contributed by atoms with Gasteiger partial charge in [-0.1, -0.05) is 23.7 Å². The zero-order valence-electron chi connectivity index (χ0n) is 16.3. The molecule has 1 heterocycles. The third-order valence-electron chi connectivity index (χ3n) is 4.74. The normalized spacial score (nSPS) is 17.8. The first-order chi connectivity index (χ1) is 14.3. The number of hydrogen-bond donors (Lipinski definition) is 4. The van der Waals surface area contributed by atoms with Crippen LogP contribution in [0.15, 0.2) is 47.5 Å². The number of ether oxygens (including phenoxy) is 1. The van der Waals surface area contributed by atoms with Gasteiger partial charge in [0, 0.05) is 12.7 Å². The number of nitrogens with zero attached hydrogens (tertiary/aromatic N) is 1. The first kappa shape index (κ1) is 21.3. The summed E-state index contributed by atoms with van der Waals surface area (Å²) in [5.41, 5.74) is 5.19. The van der Waals surface area contributed by atoms with E-state index in [-0.39, 0.29) is 23.0 Å². The summed E-state index contributed by atoms with van der Waals surface area (Å²) in [4.78, 5) is 41.2. The van der Waals surface area contributed by atoms with Gasteiger partial charge in [0.15, 0.2) is 5.54 Å². The molecule has 0 bridgehead atoms. The van der Waals surface area contributed by atoms with Gasteiger partial charge in [0.25, 0.3) is 11.8 Å². The number of nitrogens with one attached hydrogen (secondary N) is 3. The Balaban J connectivity index is 1.87. The third kappa shape index (κ3) is 3.72. The molecule has 9 nitrogen and oxygen atoms in total. The zero-order valence-corrected chi connectivity index (χ0v) is 17.0. The number of primary amides is 1. The van der Waals surface area contributed by atoms with Crippen molar-refractivity contribution in [3.8, 4) is 5.75 Å². The van der Waals surface area contributed by atoms with Gasteiger partial charge in [0.2, 0.25) is 5.91 Å². The molecule has 0 saturated carbocycles. The number of rotatable bonds is 6. The van der Waals surface area contributed by atoms with Gasteiger partial charge in [-0.25, -0.2) is 0 Å². The molecule has 0 aromatic heterocycles. The number of methoxy groups -OCH3 is 1. The standard InChI is InChI=1S/C20H20ClN5O4/c1-23-18(28)16-20(19(22)29,25-10-24-16)11-3-5-12(6-4-11)26-17(27)14-9-13(30-2)7-8-15(14)21/h3-9,25H,10H2,1-2H3,(H2,22,29)(H,23,28)(H,26,27). The van der Waals surface area contributed by atoms with Crippen LogP contribution in [0, 0.1) is 0 Å². The van der Waals surface area contributed by atoms with Crippen molar-refractivity contribution in [1.29, 1.82) is 0 Å². The Labute approximate surface area is 177 Å². The Bertz CT molecular complexity index is 1040. The second kappa shape index (κ2) is 8.52. The van der Waals surface area contributed by atoms with Gasteiger partial charge in [-0.05, 0) is 35.9 Å². The van der Waals surface area contributed by atoms with Crippen molar-refractivity contribution in [3.05, 3.63) is 58.6 Å². The van der Waals surface area contributed by atoms with Crippen LogP contribution < -0.4 is 26.4 Å². The van der Waals surface area contributed by atoms with Crippen LogP contribution in [0.1, 0.15) is 15.9 Å². The van der Waals surface area contributed by atoms with E-state index in [9.17, 15) is 14.4 Å². The van der Waals surface area contributed by atoms with Crippen LogP contribution in [-0.4, -0.2) is 44.3 Å². The molecule has 1 aliphatic heterocycles. The molecule has 0 fully saturated rings. The van der Waals surface area contributed by atoms with E-state index in [0.29, 0.717) is 17.0 Å². The van der Waals surface area contributed by atoms with Crippen molar-refractivity contribution in [2.45, 2.75) is 5.54 Å². The van der Waals surface area contributed by atoms with E-state index < -0.39 is 23.3 Å². The van der Waals surface area contributed by atoms with Gasteiger partial charge < -0.3 is 21.1 Å². The second-order valence-corrected chi connectivity index (χ2v) is 6.82. The molecule has 10 heteroatoms. The number of benzene rings is 2. The molecule has 30 heavy (non-hydrogen) atoms. The molecule has 2 aromatic rings. The lowest BCUT2D eigenvalue weighted by molar-refractivity contribution is -0.123. The molecule has 0 aliphatic carbocycles. The van der Waals surface area contributed by atoms with Crippen LogP contribution in [0.5, 0.6) is 5.75 Å². The molecule has 1 atom stereocenters. The Hall–Kier alpha value is -3.43. The average Bonchev–Trinajstić information content (AvgIpc) is 3.20. The summed E-state index contributed by atoms with van der Waals surface area (Å²) >= 11 is 6.11. The summed E-state index contributed by atoms with van der Waals surface area (Å²) in [5.74, 6) is -1.20. The van der Waals surface area contributed by atoms with Crippen molar-refractivity contribution in [3.63, 3.8) is 0 Å². The summed E-state index contributed by atoms with van der Waals surface area (Å²) in [6.45, 7) is 0.0680. The molecule has 5 N–H and O–H groups in total. The van der Waals surface area contributed by atoms with Crippen molar-refractivity contribution in [2.24, 2.45) is 10.7 Å². The fourth-order valence-corrected chi connectivity index (χ4v) is 3.40. The van der Waals surface area contributed by atoms with Gasteiger partial charge in [0.1, 0.15) is 11.5 Å². The molecule has 0 radical (unpaired) electrons. The molecular formula is C20H20ClN5O4. The maximum atomic E-state index is 12.6. The molecule has 3 amide bonds. The Morgan fingerprint density at radius 3 is 2.47 bits per heavy atom. The molecule has 0 spiro atoms. The summed E-state index contributed by atoms with van der Waals surface area (Å²) < 4.78 is 5.12. The van der Waals surface area contributed by atoms with E-state index in [1.54, 1.807) is 36.4 Å². The number of nitrogens with two attached hydrogens (primary N) is 1. The topological polar surface area (TPSA) is 135 Å². The second-order valence-electron chi connectivity index (χ2n) is 6.41. The molecule has 1 aliphatic rings. The first-order valence-corrected chi connectivity index (χ1v) is 9.28. The van der Waals surface area contributed by atoms with Crippen molar-refractivity contribution in [2.75, 3.05) is 26.1 Å². The van der Waals surface area contributed by atoms with Gasteiger partial charge in [-0.15, -0.1) is 0 Å².